The van der Waals surface area contributed by atoms with Crippen molar-refractivity contribution in [3.8, 4) is 0 Å². The summed E-state index contributed by atoms with van der Waals surface area (Å²) in [4.78, 5) is 18.0. The topological polar surface area (TPSA) is 75.2 Å². The van der Waals surface area contributed by atoms with Crippen molar-refractivity contribution in [3.63, 3.8) is 0 Å². The van der Waals surface area contributed by atoms with Gasteiger partial charge in [0.15, 0.2) is 5.96 Å². The number of carbonyl (C=O) groups is 1. The van der Waals surface area contributed by atoms with Gasteiger partial charge in [-0.3, -0.25) is 4.99 Å². The van der Waals surface area contributed by atoms with Gasteiger partial charge in [-0.05, 0) is 46.0 Å². The van der Waals surface area contributed by atoms with Crippen LogP contribution in [-0.2, 0) is 9.47 Å². The van der Waals surface area contributed by atoms with Crippen LogP contribution in [0.15, 0.2) is 4.99 Å². The molecule has 1 amide bonds. The maximum absolute atomic E-state index is 11.6. The molecule has 1 saturated heterocycles. The number of hydrogen-bond acceptors (Lipinski definition) is 4. The minimum Gasteiger partial charge on any atom is -0.453 e. The predicted octanol–water partition coefficient (Wildman–Crippen LogP) is 2.74. The molecule has 3 aliphatic rings. The van der Waals surface area contributed by atoms with Crippen molar-refractivity contribution in [2.24, 2.45) is 10.4 Å². The third kappa shape index (κ3) is 4.81. The van der Waals surface area contributed by atoms with E-state index >= 15 is 0 Å². The number of likely N-dealkylation sites (tertiary alicyclic amines) is 1. The minimum absolute atomic E-state index is 0. The molecule has 156 valence electrons. The third-order valence-corrected chi connectivity index (χ3v) is 6.33. The Hall–Kier alpha value is -0.770. The summed E-state index contributed by atoms with van der Waals surface area (Å²) in [5.41, 5.74) is 0.320. The first-order valence-corrected chi connectivity index (χ1v) is 10.1. The molecule has 2 unspecified atom stereocenters. The Labute approximate surface area is 180 Å². The van der Waals surface area contributed by atoms with Crippen molar-refractivity contribution in [2.45, 2.75) is 70.6 Å². The lowest BCUT2D eigenvalue weighted by molar-refractivity contribution is -0.168. The molecule has 8 heteroatoms. The fourth-order valence-corrected chi connectivity index (χ4v) is 4.63. The number of carbonyl (C=O) groups excluding carboxylic acids is 1. The van der Waals surface area contributed by atoms with Gasteiger partial charge in [0.2, 0.25) is 0 Å². The van der Waals surface area contributed by atoms with E-state index in [4.69, 9.17) is 9.47 Å². The fourth-order valence-electron chi connectivity index (χ4n) is 4.63. The van der Waals surface area contributed by atoms with Crippen LogP contribution in [0.3, 0.4) is 0 Å². The second kappa shape index (κ2) is 10.1. The number of rotatable bonds is 5. The highest BCUT2D eigenvalue weighted by Crippen LogP contribution is 2.57. The number of hydrogen-bond donors (Lipinski definition) is 2. The highest BCUT2D eigenvalue weighted by molar-refractivity contribution is 14.0. The molecule has 2 atom stereocenters. The molecule has 0 aromatic carbocycles. The first-order valence-electron chi connectivity index (χ1n) is 10.1. The standard InChI is InChI=1S/C19H34N4O3.HI/c1-4-20-17(21-14-7-11-23(12-8-14)18(24)25-3)22-15-13-16(26-5-2)19(15)9-6-10-19;/h14-16H,4-13H2,1-3H3,(H2,20,21,22);1H. The van der Waals surface area contributed by atoms with Gasteiger partial charge in [-0.1, -0.05) is 6.42 Å². The number of methoxy groups -OCH3 is 1. The lowest BCUT2D eigenvalue weighted by Crippen LogP contribution is -2.69. The van der Waals surface area contributed by atoms with Crippen molar-refractivity contribution in [1.82, 2.24) is 15.5 Å². The lowest BCUT2D eigenvalue weighted by Gasteiger charge is -2.61. The first kappa shape index (κ1) is 22.5. The maximum Gasteiger partial charge on any atom is 0.409 e. The van der Waals surface area contributed by atoms with Crippen LogP contribution in [0.4, 0.5) is 4.79 Å². The summed E-state index contributed by atoms with van der Waals surface area (Å²) < 4.78 is 10.8. The van der Waals surface area contributed by atoms with Crippen LogP contribution in [-0.4, -0.2) is 68.5 Å². The van der Waals surface area contributed by atoms with Crippen molar-refractivity contribution in [1.29, 1.82) is 0 Å². The van der Waals surface area contributed by atoms with E-state index in [-0.39, 0.29) is 30.1 Å². The van der Waals surface area contributed by atoms with Crippen LogP contribution in [0.25, 0.3) is 0 Å². The Morgan fingerprint density at radius 1 is 1.22 bits per heavy atom. The molecule has 27 heavy (non-hydrogen) atoms. The summed E-state index contributed by atoms with van der Waals surface area (Å²) >= 11 is 0. The summed E-state index contributed by atoms with van der Waals surface area (Å²) in [7, 11) is 1.44. The monoisotopic (exact) mass is 494 g/mol. The van der Waals surface area contributed by atoms with E-state index in [2.05, 4.69) is 29.5 Å². The van der Waals surface area contributed by atoms with E-state index in [9.17, 15) is 4.79 Å². The summed E-state index contributed by atoms with van der Waals surface area (Å²) in [6.45, 7) is 7.15. The van der Waals surface area contributed by atoms with Crippen LogP contribution >= 0.6 is 24.0 Å². The smallest absolute Gasteiger partial charge is 0.409 e. The van der Waals surface area contributed by atoms with Crippen LogP contribution in [0, 0.1) is 5.41 Å². The zero-order chi connectivity index (χ0) is 18.6. The van der Waals surface area contributed by atoms with Gasteiger partial charge in [0, 0.05) is 43.7 Å². The van der Waals surface area contributed by atoms with Gasteiger partial charge in [0.1, 0.15) is 0 Å². The van der Waals surface area contributed by atoms with Crippen molar-refractivity contribution >= 4 is 36.0 Å². The Morgan fingerprint density at radius 2 is 1.93 bits per heavy atom. The molecular weight excluding hydrogens is 459 g/mol. The number of nitrogens with one attached hydrogen (secondary N) is 2. The second-order valence-corrected chi connectivity index (χ2v) is 7.66. The quantitative estimate of drug-likeness (QED) is 0.349. The minimum atomic E-state index is -0.229. The SMILES string of the molecule is CCN=C(NC1CCN(C(=O)OC)CC1)NC1CC(OCC)C12CCC2.I. The van der Waals surface area contributed by atoms with Gasteiger partial charge in [0.05, 0.1) is 13.2 Å². The van der Waals surface area contributed by atoms with Crippen molar-refractivity contribution in [2.75, 3.05) is 33.4 Å². The summed E-state index contributed by atoms with van der Waals surface area (Å²) in [6.07, 6.45) is 6.89. The molecule has 2 aliphatic carbocycles. The molecule has 3 fully saturated rings. The summed E-state index contributed by atoms with van der Waals surface area (Å²) in [6, 6.07) is 0.801. The number of ether oxygens (including phenoxy) is 2. The Balaban J connectivity index is 0.00000261. The van der Waals surface area contributed by atoms with E-state index in [0.29, 0.717) is 23.6 Å². The normalized spacial score (nSPS) is 27.2. The molecule has 0 radical (unpaired) electrons. The maximum atomic E-state index is 11.6. The Bertz CT molecular complexity index is 519. The molecule has 1 spiro atoms. The zero-order valence-corrected chi connectivity index (χ0v) is 19.2. The van der Waals surface area contributed by atoms with E-state index in [1.54, 1.807) is 4.90 Å². The number of piperidine rings is 1. The van der Waals surface area contributed by atoms with Crippen molar-refractivity contribution < 1.29 is 14.3 Å². The zero-order valence-electron chi connectivity index (χ0n) is 16.8. The highest BCUT2D eigenvalue weighted by Gasteiger charge is 2.59. The third-order valence-electron chi connectivity index (χ3n) is 6.33. The largest absolute Gasteiger partial charge is 0.453 e. The van der Waals surface area contributed by atoms with Gasteiger partial charge in [0.25, 0.3) is 0 Å². The van der Waals surface area contributed by atoms with E-state index in [1.807, 2.05) is 0 Å². The molecule has 3 rings (SSSR count). The van der Waals surface area contributed by atoms with Gasteiger partial charge in [-0.15, -0.1) is 24.0 Å². The van der Waals surface area contributed by atoms with Crippen LogP contribution in [0.2, 0.25) is 0 Å². The van der Waals surface area contributed by atoms with Gasteiger partial charge >= 0.3 is 6.09 Å². The molecule has 2 saturated carbocycles. The number of halogens is 1. The number of nitrogens with zero attached hydrogens (tertiary/aromatic N) is 2. The molecule has 0 bridgehead atoms. The van der Waals surface area contributed by atoms with E-state index in [1.165, 1.54) is 26.4 Å². The molecule has 0 aromatic rings. The number of aliphatic imine (C=N–C) groups is 1. The number of guanidine groups is 1. The Kier molecular flexibility index (Phi) is 8.45. The average molecular weight is 494 g/mol. The molecule has 0 aromatic heterocycles. The van der Waals surface area contributed by atoms with E-state index < -0.39 is 0 Å². The summed E-state index contributed by atoms with van der Waals surface area (Å²) in [5.74, 6) is 0.912. The van der Waals surface area contributed by atoms with Crippen molar-refractivity contribution in [3.05, 3.63) is 0 Å². The molecule has 7 nitrogen and oxygen atoms in total. The van der Waals surface area contributed by atoms with Crippen LogP contribution in [0.1, 0.15) is 52.4 Å². The molecule has 1 aliphatic heterocycles. The molecule has 1 heterocycles. The van der Waals surface area contributed by atoms with Gasteiger partial charge in [-0.2, -0.15) is 0 Å². The predicted molar refractivity (Wildman–Crippen MR) is 117 cm³/mol. The summed E-state index contributed by atoms with van der Waals surface area (Å²) in [5, 5.41) is 7.27. The molecule has 2 N–H and O–H groups in total. The fraction of sp³-hybridized carbons (Fsp3) is 0.895. The number of amides is 1. The highest BCUT2D eigenvalue weighted by atomic mass is 127. The van der Waals surface area contributed by atoms with Gasteiger partial charge in [-0.25, -0.2) is 4.79 Å². The van der Waals surface area contributed by atoms with Gasteiger partial charge < -0.3 is 25.0 Å². The Morgan fingerprint density at radius 3 is 2.44 bits per heavy atom. The van der Waals surface area contributed by atoms with Crippen LogP contribution in [0.5, 0.6) is 0 Å². The second-order valence-electron chi connectivity index (χ2n) is 7.66. The first-order chi connectivity index (χ1) is 12.6. The lowest BCUT2D eigenvalue weighted by atomic mass is 9.51. The molecular formula is C19H35IN4O3. The van der Waals surface area contributed by atoms with Crippen LogP contribution < -0.4 is 10.6 Å². The van der Waals surface area contributed by atoms with E-state index in [0.717, 1.165) is 51.5 Å². The average Bonchev–Trinajstić information content (AvgIpc) is 2.59.